The number of fused-ring (bicyclic) bond motifs is 1. The predicted molar refractivity (Wildman–Crippen MR) is 80.4 cm³/mol. The number of nitrogens with zero attached hydrogens (tertiary/aromatic N) is 2. The van der Waals surface area contributed by atoms with Crippen LogP contribution in [-0.2, 0) is 6.42 Å². The molecule has 1 aromatic carbocycles. The number of imidazole rings is 1. The number of H-pyrrole nitrogens is 1. The molecule has 1 aromatic heterocycles. The van der Waals surface area contributed by atoms with E-state index in [-0.39, 0.29) is 0 Å². The van der Waals surface area contributed by atoms with Crippen molar-refractivity contribution in [2.75, 3.05) is 26.7 Å². The van der Waals surface area contributed by atoms with Crippen LogP contribution in [0.2, 0.25) is 0 Å². The van der Waals surface area contributed by atoms with Crippen LogP contribution < -0.4 is 5.32 Å². The molecule has 4 nitrogen and oxygen atoms in total. The van der Waals surface area contributed by atoms with E-state index in [1.54, 1.807) is 6.33 Å². The molecule has 0 atom stereocenters. The van der Waals surface area contributed by atoms with Gasteiger partial charge >= 0.3 is 0 Å². The van der Waals surface area contributed by atoms with Gasteiger partial charge in [0.15, 0.2) is 0 Å². The first-order valence-electron chi connectivity index (χ1n) is 6.99. The summed E-state index contributed by atoms with van der Waals surface area (Å²) in [5.74, 6) is 0. The second-order valence-electron chi connectivity index (χ2n) is 5.42. The highest BCUT2D eigenvalue weighted by atomic mass is 15.1. The molecule has 0 aliphatic rings. The Morgan fingerprint density at radius 1 is 1.32 bits per heavy atom. The highest BCUT2D eigenvalue weighted by molar-refractivity contribution is 5.75. The fourth-order valence-corrected chi connectivity index (χ4v) is 2.11. The molecule has 0 amide bonds. The summed E-state index contributed by atoms with van der Waals surface area (Å²) >= 11 is 0. The van der Waals surface area contributed by atoms with Crippen molar-refractivity contribution in [3.8, 4) is 0 Å². The lowest BCUT2D eigenvalue weighted by atomic mass is 10.1. The number of benzene rings is 1. The fourth-order valence-electron chi connectivity index (χ4n) is 2.11. The van der Waals surface area contributed by atoms with Gasteiger partial charge in [-0.15, -0.1) is 0 Å². The summed E-state index contributed by atoms with van der Waals surface area (Å²) in [5.41, 5.74) is 3.53. The lowest BCUT2D eigenvalue weighted by Gasteiger charge is -2.18. The summed E-state index contributed by atoms with van der Waals surface area (Å²) in [6.07, 6.45) is 2.82. The van der Waals surface area contributed by atoms with Crippen LogP contribution in [0.15, 0.2) is 24.5 Å². The highest BCUT2D eigenvalue weighted by Gasteiger charge is 2.02. The maximum atomic E-state index is 4.24. The number of aromatic amines is 1. The number of hydrogen-bond acceptors (Lipinski definition) is 3. The van der Waals surface area contributed by atoms with Crippen LogP contribution in [0.25, 0.3) is 11.0 Å². The molecule has 2 rings (SSSR count). The minimum atomic E-state index is 0.566. The van der Waals surface area contributed by atoms with Gasteiger partial charge in [-0.3, -0.25) is 0 Å². The molecule has 0 saturated carbocycles. The van der Waals surface area contributed by atoms with Crippen molar-refractivity contribution in [3.63, 3.8) is 0 Å². The Morgan fingerprint density at radius 3 is 2.95 bits per heavy atom. The van der Waals surface area contributed by atoms with Crippen LogP contribution in [-0.4, -0.2) is 47.6 Å². The monoisotopic (exact) mass is 260 g/mol. The highest BCUT2D eigenvalue weighted by Crippen LogP contribution is 2.12. The van der Waals surface area contributed by atoms with Gasteiger partial charge in [0.05, 0.1) is 17.4 Å². The molecule has 2 aromatic rings. The van der Waals surface area contributed by atoms with Crippen molar-refractivity contribution in [3.05, 3.63) is 30.1 Å². The summed E-state index contributed by atoms with van der Waals surface area (Å²) in [4.78, 5) is 9.76. The second-order valence-corrected chi connectivity index (χ2v) is 5.42. The van der Waals surface area contributed by atoms with Crippen LogP contribution in [0.5, 0.6) is 0 Å². The maximum Gasteiger partial charge on any atom is 0.0931 e. The lowest BCUT2D eigenvalue weighted by molar-refractivity contribution is 0.331. The first kappa shape index (κ1) is 14.0. The summed E-state index contributed by atoms with van der Waals surface area (Å²) in [6, 6.07) is 7.02. The van der Waals surface area contributed by atoms with Gasteiger partial charge in [-0.2, -0.15) is 0 Å². The van der Waals surface area contributed by atoms with Crippen molar-refractivity contribution in [1.29, 1.82) is 0 Å². The molecule has 0 aliphatic heterocycles. The first-order valence-corrected chi connectivity index (χ1v) is 6.99. The Labute approximate surface area is 115 Å². The molecule has 0 radical (unpaired) electrons. The molecule has 0 unspecified atom stereocenters. The Bertz CT molecular complexity index is 504. The van der Waals surface area contributed by atoms with Crippen molar-refractivity contribution in [2.24, 2.45) is 0 Å². The number of hydrogen-bond donors (Lipinski definition) is 2. The average molecular weight is 260 g/mol. The van der Waals surface area contributed by atoms with Gasteiger partial charge in [0, 0.05) is 25.7 Å². The SMILES string of the molecule is CC(C)NCCN(C)CCc1ccc2nc[nH]c2c1. The van der Waals surface area contributed by atoms with Crippen molar-refractivity contribution in [2.45, 2.75) is 26.3 Å². The van der Waals surface area contributed by atoms with Gasteiger partial charge in [-0.25, -0.2) is 4.98 Å². The van der Waals surface area contributed by atoms with Gasteiger partial charge in [-0.1, -0.05) is 19.9 Å². The molecular formula is C15H24N4. The van der Waals surface area contributed by atoms with E-state index in [9.17, 15) is 0 Å². The zero-order valence-electron chi connectivity index (χ0n) is 12.1. The third kappa shape index (κ3) is 4.33. The zero-order chi connectivity index (χ0) is 13.7. The second kappa shape index (κ2) is 6.68. The van der Waals surface area contributed by atoms with E-state index in [0.29, 0.717) is 6.04 Å². The minimum absolute atomic E-state index is 0.566. The largest absolute Gasteiger partial charge is 0.345 e. The number of rotatable bonds is 7. The van der Waals surface area contributed by atoms with Gasteiger partial charge in [0.1, 0.15) is 0 Å². The number of likely N-dealkylation sites (N-methyl/N-ethyl adjacent to an activating group) is 1. The molecule has 4 heteroatoms. The van der Waals surface area contributed by atoms with Crippen molar-refractivity contribution < 1.29 is 0 Å². The minimum Gasteiger partial charge on any atom is -0.345 e. The predicted octanol–water partition coefficient (Wildman–Crippen LogP) is 2.04. The maximum absolute atomic E-state index is 4.24. The Kier molecular flexibility index (Phi) is 4.93. The lowest BCUT2D eigenvalue weighted by Crippen LogP contribution is -2.33. The van der Waals surface area contributed by atoms with Gasteiger partial charge in [-0.05, 0) is 31.2 Å². The molecular weight excluding hydrogens is 236 g/mol. The van der Waals surface area contributed by atoms with Crippen LogP contribution in [0.1, 0.15) is 19.4 Å². The van der Waals surface area contributed by atoms with E-state index in [1.165, 1.54) is 5.56 Å². The summed E-state index contributed by atoms with van der Waals surface area (Å²) in [6.45, 7) is 7.58. The molecule has 1 heterocycles. The van der Waals surface area contributed by atoms with Gasteiger partial charge in [0.2, 0.25) is 0 Å². The third-order valence-electron chi connectivity index (χ3n) is 3.31. The van der Waals surface area contributed by atoms with E-state index in [2.05, 4.69) is 59.3 Å². The Hall–Kier alpha value is -1.39. The Morgan fingerprint density at radius 2 is 2.16 bits per heavy atom. The van der Waals surface area contributed by atoms with Crippen LogP contribution in [0.3, 0.4) is 0 Å². The fraction of sp³-hybridized carbons (Fsp3) is 0.533. The molecule has 0 bridgehead atoms. The third-order valence-corrected chi connectivity index (χ3v) is 3.31. The van der Waals surface area contributed by atoms with E-state index in [0.717, 1.165) is 37.1 Å². The normalized spacial score (nSPS) is 11.8. The quantitative estimate of drug-likeness (QED) is 0.800. The standard InChI is InChI=1S/C15H24N4/c1-12(2)16-7-9-19(3)8-6-13-4-5-14-15(10-13)18-11-17-14/h4-5,10-12,16H,6-9H2,1-3H3,(H,17,18). The smallest absolute Gasteiger partial charge is 0.0931 e. The molecule has 0 fully saturated rings. The molecule has 104 valence electrons. The van der Waals surface area contributed by atoms with E-state index in [1.807, 2.05) is 0 Å². The first-order chi connectivity index (χ1) is 9.15. The summed E-state index contributed by atoms with van der Waals surface area (Å²) in [5, 5.41) is 3.44. The summed E-state index contributed by atoms with van der Waals surface area (Å²) in [7, 11) is 2.18. The molecule has 2 N–H and O–H groups in total. The van der Waals surface area contributed by atoms with E-state index in [4.69, 9.17) is 0 Å². The van der Waals surface area contributed by atoms with Gasteiger partial charge < -0.3 is 15.2 Å². The van der Waals surface area contributed by atoms with E-state index >= 15 is 0 Å². The van der Waals surface area contributed by atoms with Crippen LogP contribution in [0.4, 0.5) is 0 Å². The molecule has 19 heavy (non-hydrogen) atoms. The number of aromatic nitrogens is 2. The van der Waals surface area contributed by atoms with Crippen molar-refractivity contribution in [1.82, 2.24) is 20.2 Å². The van der Waals surface area contributed by atoms with E-state index < -0.39 is 0 Å². The summed E-state index contributed by atoms with van der Waals surface area (Å²) < 4.78 is 0. The van der Waals surface area contributed by atoms with Gasteiger partial charge in [0.25, 0.3) is 0 Å². The average Bonchev–Trinajstić information content (AvgIpc) is 2.83. The van der Waals surface area contributed by atoms with Crippen LogP contribution in [0, 0.1) is 0 Å². The van der Waals surface area contributed by atoms with Crippen molar-refractivity contribution >= 4 is 11.0 Å². The number of nitrogens with one attached hydrogen (secondary N) is 2. The van der Waals surface area contributed by atoms with Crippen LogP contribution >= 0.6 is 0 Å². The Balaban J connectivity index is 1.77. The molecule has 0 aliphatic carbocycles. The zero-order valence-corrected chi connectivity index (χ0v) is 12.1. The molecule has 0 spiro atoms. The molecule has 0 saturated heterocycles. The topological polar surface area (TPSA) is 44.0 Å².